The fraction of sp³-hybridized carbons (Fsp3) is 0.300. The van der Waals surface area contributed by atoms with Crippen LogP contribution in [0.5, 0.6) is 0 Å². The number of carbonyl (C=O) groups excluding carboxylic acids is 1. The molecule has 0 aromatic heterocycles. The van der Waals surface area contributed by atoms with E-state index in [-0.39, 0.29) is 11.8 Å². The summed E-state index contributed by atoms with van der Waals surface area (Å²) >= 11 is 0. The van der Waals surface area contributed by atoms with Crippen LogP contribution in [-0.2, 0) is 4.79 Å². The number of rotatable bonds is 3. The van der Waals surface area contributed by atoms with E-state index in [9.17, 15) is 4.79 Å². The zero-order valence-corrected chi connectivity index (χ0v) is 8.16. The number of nitrogens with two attached hydrogens (primary N) is 2. The second-order valence-corrected chi connectivity index (χ2v) is 3.21. The zero-order valence-electron chi connectivity index (χ0n) is 8.16. The van der Waals surface area contributed by atoms with E-state index in [0.29, 0.717) is 17.9 Å². The highest BCUT2D eigenvalue weighted by molar-refractivity contribution is 5.95. The summed E-state index contributed by atoms with van der Waals surface area (Å²) in [5.74, 6) is -0.306. The van der Waals surface area contributed by atoms with E-state index in [1.54, 1.807) is 19.1 Å². The van der Waals surface area contributed by atoms with Gasteiger partial charge in [0.25, 0.3) is 0 Å². The number of para-hydroxylation sites is 2. The lowest BCUT2D eigenvalue weighted by Crippen LogP contribution is -2.26. The van der Waals surface area contributed by atoms with Crippen molar-refractivity contribution in [2.24, 2.45) is 11.7 Å². The summed E-state index contributed by atoms with van der Waals surface area (Å²) in [5.41, 5.74) is 12.2. The summed E-state index contributed by atoms with van der Waals surface area (Å²) in [7, 11) is 0. The lowest BCUT2D eigenvalue weighted by Gasteiger charge is -2.11. The van der Waals surface area contributed by atoms with Crippen LogP contribution in [0.25, 0.3) is 0 Å². The fourth-order valence-electron chi connectivity index (χ4n) is 0.974. The average Bonchev–Trinajstić information content (AvgIpc) is 2.20. The SMILES string of the molecule is CC(CN)C(=O)Nc1ccccc1N. The Morgan fingerprint density at radius 3 is 2.71 bits per heavy atom. The van der Waals surface area contributed by atoms with Crippen molar-refractivity contribution in [1.29, 1.82) is 0 Å². The smallest absolute Gasteiger partial charge is 0.228 e. The first-order chi connectivity index (χ1) is 6.65. The molecule has 0 heterocycles. The van der Waals surface area contributed by atoms with Gasteiger partial charge in [0, 0.05) is 12.5 Å². The number of benzene rings is 1. The summed E-state index contributed by atoms with van der Waals surface area (Å²) < 4.78 is 0. The summed E-state index contributed by atoms with van der Waals surface area (Å²) in [6.07, 6.45) is 0. The van der Waals surface area contributed by atoms with Crippen LogP contribution in [0.1, 0.15) is 6.92 Å². The minimum absolute atomic E-state index is 0.106. The van der Waals surface area contributed by atoms with Gasteiger partial charge in [-0.05, 0) is 12.1 Å². The molecule has 0 radical (unpaired) electrons. The molecule has 1 amide bonds. The van der Waals surface area contributed by atoms with Crippen molar-refractivity contribution in [1.82, 2.24) is 0 Å². The van der Waals surface area contributed by atoms with Gasteiger partial charge in [0.15, 0.2) is 0 Å². The van der Waals surface area contributed by atoms with Crippen LogP contribution in [-0.4, -0.2) is 12.5 Å². The largest absolute Gasteiger partial charge is 0.397 e. The van der Waals surface area contributed by atoms with Crippen LogP contribution in [0.4, 0.5) is 11.4 Å². The van der Waals surface area contributed by atoms with Crippen molar-refractivity contribution in [2.75, 3.05) is 17.6 Å². The molecular weight excluding hydrogens is 178 g/mol. The summed E-state index contributed by atoms with van der Waals surface area (Å²) in [4.78, 5) is 11.4. The molecule has 0 saturated heterocycles. The van der Waals surface area contributed by atoms with Gasteiger partial charge in [0.1, 0.15) is 0 Å². The molecule has 5 N–H and O–H groups in total. The van der Waals surface area contributed by atoms with Crippen LogP contribution in [0, 0.1) is 5.92 Å². The first-order valence-corrected chi connectivity index (χ1v) is 4.50. The maximum atomic E-state index is 11.4. The Bertz CT molecular complexity index is 325. The molecule has 0 aliphatic rings. The Labute approximate surface area is 83.3 Å². The standard InChI is InChI=1S/C10H15N3O/c1-7(6-11)10(14)13-9-5-3-2-4-8(9)12/h2-5,7H,6,11-12H2,1H3,(H,13,14). The van der Waals surface area contributed by atoms with Gasteiger partial charge in [-0.1, -0.05) is 19.1 Å². The predicted molar refractivity (Wildman–Crippen MR) is 57.7 cm³/mol. The third kappa shape index (κ3) is 2.47. The molecule has 14 heavy (non-hydrogen) atoms. The third-order valence-electron chi connectivity index (χ3n) is 2.02. The van der Waals surface area contributed by atoms with Crippen LogP contribution < -0.4 is 16.8 Å². The Morgan fingerprint density at radius 2 is 2.14 bits per heavy atom. The molecule has 0 saturated carbocycles. The number of nitrogens with one attached hydrogen (secondary N) is 1. The van der Waals surface area contributed by atoms with Gasteiger partial charge in [0.2, 0.25) is 5.91 Å². The summed E-state index contributed by atoms with van der Waals surface area (Å²) in [6.45, 7) is 2.10. The van der Waals surface area contributed by atoms with E-state index in [1.807, 2.05) is 12.1 Å². The van der Waals surface area contributed by atoms with Crippen LogP contribution in [0.2, 0.25) is 0 Å². The third-order valence-corrected chi connectivity index (χ3v) is 2.02. The van der Waals surface area contributed by atoms with E-state index >= 15 is 0 Å². The summed E-state index contributed by atoms with van der Waals surface area (Å²) in [5, 5.41) is 2.72. The van der Waals surface area contributed by atoms with E-state index < -0.39 is 0 Å². The van der Waals surface area contributed by atoms with Crippen LogP contribution >= 0.6 is 0 Å². The molecule has 1 aromatic carbocycles. The fourth-order valence-corrected chi connectivity index (χ4v) is 0.974. The quantitative estimate of drug-likeness (QED) is 0.621. The van der Waals surface area contributed by atoms with Crippen molar-refractivity contribution in [3.8, 4) is 0 Å². The lowest BCUT2D eigenvalue weighted by atomic mass is 10.1. The van der Waals surface area contributed by atoms with E-state index in [4.69, 9.17) is 11.5 Å². The Morgan fingerprint density at radius 1 is 1.50 bits per heavy atom. The lowest BCUT2D eigenvalue weighted by molar-refractivity contribution is -0.119. The van der Waals surface area contributed by atoms with Crippen molar-refractivity contribution >= 4 is 17.3 Å². The van der Waals surface area contributed by atoms with Crippen LogP contribution in [0.3, 0.4) is 0 Å². The minimum Gasteiger partial charge on any atom is -0.397 e. The molecule has 0 spiro atoms. The molecule has 0 aliphatic heterocycles. The highest BCUT2D eigenvalue weighted by atomic mass is 16.1. The first-order valence-electron chi connectivity index (χ1n) is 4.50. The van der Waals surface area contributed by atoms with Crippen molar-refractivity contribution < 1.29 is 4.79 Å². The van der Waals surface area contributed by atoms with Crippen molar-refractivity contribution in [3.63, 3.8) is 0 Å². The molecular formula is C10H15N3O. The second kappa shape index (κ2) is 4.62. The Balaban J connectivity index is 2.70. The van der Waals surface area contributed by atoms with E-state index in [0.717, 1.165) is 0 Å². The molecule has 0 aliphatic carbocycles. The Kier molecular flexibility index (Phi) is 3.48. The number of hydrogen-bond donors (Lipinski definition) is 3. The predicted octanol–water partition coefficient (Wildman–Crippen LogP) is 0.802. The molecule has 1 aromatic rings. The topological polar surface area (TPSA) is 81.1 Å². The number of carbonyl (C=O) groups is 1. The van der Waals surface area contributed by atoms with Gasteiger partial charge in [-0.3, -0.25) is 4.79 Å². The maximum absolute atomic E-state index is 11.4. The molecule has 4 nitrogen and oxygen atoms in total. The van der Waals surface area contributed by atoms with Gasteiger partial charge in [0.05, 0.1) is 11.4 Å². The van der Waals surface area contributed by atoms with E-state index in [1.165, 1.54) is 0 Å². The van der Waals surface area contributed by atoms with E-state index in [2.05, 4.69) is 5.32 Å². The molecule has 1 unspecified atom stereocenters. The zero-order chi connectivity index (χ0) is 10.6. The monoisotopic (exact) mass is 193 g/mol. The number of nitrogen functional groups attached to an aromatic ring is 1. The summed E-state index contributed by atoms with van der Waals surface area (Å²) in [6, 6.07) is 7.13. The number of hydrogen-bond acceptors (Lipinski definition) is 3. The molecule has 0 bridgehead atoms. The molecule has 1 atom stereocenters. The molecule has 76 valence electrons. The maximum Gasteiger partial charge on any atom is 0.228 e. The van der Waals surface area contributed by atoms with Gasteiger partial charge in [-0.15, -0.1) is 0 Å². The van der Waals surface area contributed by atoms with Crippen molar-refractivity contribution in [2.45, 2.75) is 6.92 Å². The normalized spacial score (nSPS) is 12.1. The average molecular weight is 193 g/mol. The minimum atomic E-state index is -0.199. The van der Waals surface area contributed by atoms with Crippen LogP contribution in [0.15, 0.2) is 24.3 Å². The first kappa shape index (κ1) is 10.5. The highest BCUT2D eigenvalue weighted by Crippen LogP contribution is 2.17. The Hall–Kier alpha value is -1.55. The highest BCUT2D eigenvalue weighted by Gasteiger charge is 2.11. The number of amides is 1. The molecule has 4 heteroatoms. The van der Waals surface area contributed by atoms with Gasteiger partial charge < -0.3 is 16.8 Å². The van der Waals surface area contributed by atoms with Gasteiger partial charge >= 0.3 is 0 Å². The van der Waals surface area contributed by atoms with Crippen molar-refractivity contribution in [3.05, 3.63) is 24.3 Å². The van der Waals surface area contributed by atoms with Gasteiger partial charge in [-0.25, -0.2) is 0 Å². The van der Waals surface area contributed by atoms with Gasteiger partial charge in [-0.2, -0.15) is 0 Å². The molecule has 1 rings (SSSR count). The number of anilines is 2. The molecule has 0 fully saturated rings. The second-order valence-electron chi connectivity index (χ2n) is 3.21.